The van der Waals surface area contributed by atoms with Crippen LogP contribution in [-0.2, 0) is 22.6 Å². The summed E-state index contributed by atoms with van der Waals surface area (Å²) >= 11 is 7.35. The molecular formula is C21H18ClF2N3O3S. The van der Waals surface area contributed by atoms with Gasteiger partial charge in [0.15, 0.2) is 0 Å². The number of nitrogens with zero attached hydrogens (tertiary/aromatic N) is 2. The molecule has 3 aromatic rings. The number of benzene rings is 2. The molecule has 0 amide bonds. The summed E-state index contributed by atoms with van der Waals surface area (Å²) in [6.07, 6.45) is 1.57. The highest BCUT2D eigenvalue weighted by Gasteiger charge is 2.09. The Labute approximate surface area is 186 Å². The molecule has 0 bridgehead atoms. The number of aromatic nitrogens is 1. The topological polar surface area (TPSA) is 72.8 Å². The van der Waals surface area contributed by atoms with Gasteiger partial charge < -0.3 is 9.47 Å². The van der Waals surface area contributed by atoms with E-state index in [-0.39, 0.29) is 19.0 Å². The molecule has 0 aliphatic rings. The Morgan fingerprint density at radius 3 is 2.77 bits per heavy atom. The fraction of sp³-hybridized carbons (Fsp3) is 0.190. The summed E-state index contributed by atoms with van der Waals surface area (Å²) in [5, 5.41) is 6.83. The molecule has 1 aromatic heterocycles. The number of rotatable bonds is 9. The molecule has 0 saturated heterocycles. The summed E-state index contributed by atoms with van der Waals surface area (Å²) in [6, 6.07) is 8.11. The van der Waals surface area contributed by atoms with E-state index in [9.17, 15) is 13.6 Å². The lowest BCUT2D eigenvalue weighted by molar-refractivity contribution is -0.142. The van der Waals surface area contributed by atoms with Crippen molar-refractivity contribution in [2.45, 2.75) is 20.0 Å². The van der Waals surface area contributed by atoms with Crippen LogP contribution in [0, 0.1) is 11.6 Å². The molecule has 0 fully saturated rings. The molecule has 0 aliphatic carbocycles. The lowest BCUT2D eigenvalue weighted by atomic mass is 10.2. The van der Waals surface area contributed by atoms with Crippen LogP contribution in [0.5, 0.6) is 5.75 Å². The molecule has 0 radical (unpaired) electrons. The van der Waals surface area contributed by atoms with E-state index < -0.39 is 11.6 Å². The monoisotopic (exact) mass is 465 g/mol. The van der Waals surface area contributed by atoms with Gasteiger partial charge in [-0.1, -0.05) is 11.6 Å². The first-order valence-corrected chi connectivity index (χ1v) is 10.4. The third-order valence-corrected chi connectivity index (χ3v) is 4.87. The number of carbonyl (C=O) groups excluding carboxylic acids is 1. The first-order valence-electron chi connectivity index (χ1n) is 9.19. The van der Waals surface area contributed by atoms with E-state index in [0.29, 0.717) is 39.3 Å². The third-order valence-electron chi connectivity index (χ3n) is 3.83. The maximum Gasteiger partial charge on any atom is 0.311 e. The normalized spacial score (nSPS) is 11.0. The molecule has 0 saturated carbocycles. The molecule has 0 aliphatic heterocycles. The molecule has 3 rings (SSSR count). The number of hydrogen-bond acceptors (Lipinski definition) is 7. The molecule has 0 atom stereocenters. The van der Waals surface area contributed by atoms with Crippen LogP contribution in [0.15, 0.2) is 46.9 Å². The highest BCUT2D eigenvalue weighted by Crippen LogP contribution is 2.23. The van der Waals surface area contributed by atoms with E-state index in [1.165, 1.54) is 29.7 Å². The molecule has 2 aromatic carbocycles. The van der Waals surface area contributed by atoms with E-state index in [0.717, 1.165) is 6.07 Å². The average molecular weight is 466 g/mol. The van der Waals surface area contributed by atoms with Crippen molar-refractivity contribution >= 4 is 40.3 Å². The Hall–Kier alpha value is -3.04. The second-order valence-corrected chi connectivity index (χ2v) is 7.54. The molecular weight excluding hydrogens is 448 g/mol. The summed E-state index contributed by atoms with van der Waals surface area (Å²) in [4.78, 5) is 15.8. The van der Waals surface area contributed by atoms with Gasteiger partial charge in [-0.05, 0) is 42.8 Å². The summed E-state index contributed by atoms with van der Waals surface area (Å²) in [7, 11) is 0. The summed E-state index contributed by atoms with van der Waals surface area (Å²) in [6.45, 7) is 2.02. The first-order chi connectivity index (χ1) is 14.9. The van der Waals surface area contributed by atoms with Crippen LogP contribution >= 0.6 is 22.9 Å². The highest BCUT2D eigenvalue weighted by molar-refractivity contribution is 7.13. The number of halogens is 3. The van der Waals surface area contributed by atoms with Crippen LogP contribution in [0.2, 0.25) is 5.02 Å². The van der Waals surface area contributed by atoms with Gasteiger partial charge in [-0.2, -0.15) is 5.10 Å². The van der Waals surface area contributed by atoms with E-state index in [1.54, 1.807) is 30.5 Å². The number of nitrogens with one attached hydrogen (secondary N) is 1. The molecule has 6 nitrogen and oxygen atoms in total. The number of ether oxygens (including phenoxy) is 2. The predicted octanol–water partition coefficient (Wildman–Crippen LogP) is 5.21. The van der Waals surface area contributed by atoms with E-state index in [1.807, 2.05) is 0 Å². The number of hydrazone groups is 1. The van der Waals surface area contributed by atoms with Crippen LogP contribution in [0.3, 0.4) is 0 Å². The van der Waals surface area contributed by atoms with Gasteiger partial charge in [-0.3, -0.25) is 10.2 Å². The van der Waals surface area contributed by atoms with Gasteiger partial charge in [-0.25, -0.2) is 13.8 Å². The quantitative estimate of drug-likeness (QED) is 0.267. The maximum atomic E-state index is 13.4. The number of anilines is 1. The van der Waals surface area contributed by atoms with Crippen LogP contribution in [0.4, 0.5) is 13.9 Å². The molecule has 0 unspecified atom stereocenters. The van der Waals surface area contributed by atoms with Gasteiger partial charge in [0.1, 0.15) is 24.0 Å². The van der Waals surface area contributed by atoms with Crippen molar-refractivity contribution in [3.05, 3.63) is 75.3 Å². The zero-order valence-corrected chi connectivity index (χ0v) is 18.0. The molecule has 31 heavy (non-hydrogen) atoms. The zero-order valence-electron chi connectivity index (χ0n) is 16.4. The second kappa shape index (κ2) is 10.8. The van der Waals surface area contributed by atoms with Gasteiger partial charge in [0, 0.05) is 22.0 Å². The molecule has 1 heterocycles. The Morgan fingerprint density at radius 1 is 1.26 bits per heavy atom. The zero-order chi connectivity index (χ0) is 22.2. The first kappa shape index (κ1) is 22.6. The maximum absolute atomic E-state index is 13.4. The van der Waals surface area contributed by atoms with Crippen molar-refractivity contribution in [1.82, 2.24) is 4.98 Å². The van der Waals surface area contributed by atoms with Crippen molar-refractivity contribution < 1.29 is 23.0 Å². The Morgan fingerprint density at radius 2 is 2.03 bits per heavy atom. The van der Waals surface area contributed by atoms with Crippen molar-refractivity contribution in [2.75, 3.05) is 12.0 Å². The van der Waals surface area contributed by atoms with E-state index >= 15 is 0 Å². The Balaban J connectivity index is 1.64. The minimum Gasteiger partial charge on any atom is -0.488 e. The van der Waals surface area contributed by atoms with Gasteiger partial charge in [0.25, 0.3) is 0 Å². The average Bonchev–Trinajstić information content (AvgIpc) is 3.14. The molecule has 162 valence electrons. The number of esters is 1. The SMILES string of the molecule is CCOC(=O)Cc1csc(NN=Cc2cc(Cl)ccc2OCc2cc(F)cc(F)c2)n1. The van der Waals surface area contributed by atoms with E-state index in [4.69, 9.17) is 21.1 Å². The minimum absolute atomic E-state index is 0.0335. The lowest BCUT2D eigenvalue weighted by Gasteiger charge is -2.10. The number of carbonyl (C=O) groups is 1. The predicted molar refractivity (Wildman–Crippen MR) is 116 cm³/mol. The van der Waals surface area contributed by atoms with Crippen LogP contribution in [0.25, 0.3) is 0 Å². The van der Waals surface area contributed by atoms with Gasteiger partial charge >= 0.3 is 5.97 Å². The smallest absolute Gasteiger partial charge is 0.311 e. The molecule has 10 heteroatoms. The molecule has 1 N–H and O–H groups in total. The van der Waals surface area contributed by atoms with Gasteiger partial charge in [0.05, 0.1) is 24.9 Å². The van der Waals surface area contributed by atoms with Gasteiger partial charge in [-0.15, -0.1) is 11.3 Å². The fourth-order valence-corrected chi connectivity index (χ4v) is 3.40. The Bertz CT molecular complexity index is 1070. The number of thiazole rings is 1. The second-order valence-electron chi connectivity index (χ2n) is 6.24. The minimum atomic E-state index is -0.675. The van der Waals surface area contributed by atoms with Crippen molar-refractivity contribution in [3.8, 4) is 5.75 Å². The summed E-state index contributed by atoms with van der Waals surface area (Å²) in [5.41, 5.74) is 4.27. The molecule has 0 spiro atoms. The van der Waals surface area contributed by atoms with Crippen LogP contribution in [0.1, 0.15) is 23.7 Å². The Kier molecular flexibility index (Phi) is 7.91. The van der Waals surface area contributed by atoms with Crippen molar-refractivity contribution in [3.63, 3.8) is 0 Å². The number of hydrogen-bond donors (Lipinski definition) is 1. The van der Waals surface area contributed by atoms with Gasteiger partial charge in [0.2, 0.25) is 5.13 Å². The largest absolute Gasteiger partial charge is 0.488 e. The van der Waals surface area contributed by atoms with Crippen LogP contribution in [-0.4, -0.2) is 23.8 Å². The van der Waals surface area contributed by atoms with E-state index in [2.05, 4.69) is 15.5 Å². The summed E-state index contributed by atoms with van der Waals surface area (Å²) < 4.78 is 37.3. The fourth-order valence-electron chi connectivity index (χ4n) is 2.56. The third kappa shape index (κ3) is 7.01. The van der Waals surface area contributed by atoms with Crippen molar-refractivity contribution in [1.29, 1.82) is 0 Å². The lowest BCUT2D eigenvalue weighted by Crippen LogP contribution is -2.07. The summed E-state index contributed by atoms with van der Waals surface area (Å²) in [5.74, 6) is -1.26. The van der Waals surface area contributed by atoms with Crippen molar-refractivity contribution in [2.24, 2.45) is 5.10 Å². The standard InChI is InChI=1S/C21H18ClF2N3O3S/c1-2-29-20(28)9-18-12-31-21(26-18)27-25-10-14-7-15(22)3-4-19(14)30-11-13-5-16(23)8-17(24)6-13/h3-8,10,12H,2,9,11H2,1H3,(H,26,27). The highest BCUT2D eigenvalue weighted by atomic mass is 35.5. The van der Waals surface area contributed by atoms with Crippen LogP contribution < -0.4 is 10.2 Å².